The second-order valence-corrected chi connectivity index (χ2v) is 5.53. The number of carbonyl (C=O) groups excluding carboxylic acids is 1. The van der Waals surface area contributed by atoms with Crippen molar-refractivity contribution in [2.75, 3.05) is 39.4 Å². The molecule has 1 heterocycles. The van der Waals surface area contributed by atoms with E-state index in [-0.39, 0.29) is 5.91 Å². The quantitative estimate of drug-likeness (QED) is 0.917. The Morgan fingerprint density at radius 3 is 2.84 bits per heavy atom. The molecule has 0 bridgehead atoms. The van der Waals surface area contributed by atoms with E-state index in [1.54, 1.807) is 0 Å². The Bertz CT molecular complexity index is 445. The maximum Gasteiger partial charge on any atom is 0.251 e. The molecule has 2 rings (SSSR count). The largest absolute Gasteiger partial charge is 0.379 e. The Hall–Kier alpha value is -0.910. The summed E-state index contributed by atoms with van der Waals surface area (Å²) in [5, 5.41) is 2.96. The van der Waals surface area contributed by atoms with Gasteiger partial charge in [-0.25, -0.2) is 0 Å². The minimum Gasteiger partial charge on any atom is -0.379 e. The molecule has 1 aliphatic heterocycles. The van der Waals surface area contributed by atoms with Gasteiger partial charge in [0.15, 0.2) is 0 Å². The summed E-state index contributed by atoms with van der Waals surface area (Å²) in [4.78, 5) is 14.3. The van der Waals surface area contributed by atoms with Crippen LogP contribution in [0.5, 0.6) is 0 Å². The van der Waals surface area contributed by atoms with Crippen LogP contribution in [-0.2, 0) is 4.74 Å². The van der Waals surface area contributed by atoms with Gasteiger partial charge >= 0.3 is 0 Å². The van der Waals surface area contributed by atoms with E-state index in [2.05, 4.69) is 26.1 Å². The number of morpholine rings is 1. The third-order valence-electron chi connectivity index (χ3n) is 3.24. The fourth-order valence-electron chi connectivity index (χ4n) is 2.04. The van der Waals surface area contributed by atoms with Crippen LogP contribution in [0.15, 0.2) is 22.7 Å². The van der Waals surface area contributed by atoms with Gasteiger partial charge in [0.2, 0.25) is 0 Å². The van der Waals surface area contributed by atoms with Crippen molar-refractivity contribution in [3.63, 3.8) is 0 Å². The van der Waals surface area contributed by atoms with Gasteiger partial charge in [-0.05, 0) is 30.7 Å². The highest BCUT2D eigenvalue weighted by Crippen LogP contribution is 2.16. The number of amides is 1. The number of aryl methyl sites for hydroxylation is 1. The van der Waals surface area contributed by atoms with E-state index in [1.807, 2.05) is 25.1 Å². The molecule has 0 saturated carbocycles. The van der Waals surface area contributed by atoms with Crippen LogP contribution < -0.4 is 5.32 Å². The molecule has 1 aliphatic rings. The number of hydrogen-bond donors (Lipinski definition) is 1. The summed E-state index contributed by atoms with van der Waals surface area (Å²) < 4.78 is 6.31. The van der Waals surface area contributed by atoms with Gasteiger partial charge in [-0.1, -0.05) is 15.9 Å². The fraction of sp³-hybridized carbons (Fsp3) is 0.500. The number of nitrogens with zero attached hydrogens (tertiary/aromatic N) is 1. The van der Waals surface area contributed by atoms with E-state index < -0.39 is 0 Å². The molecule has 5 heteroatoms. The molecular formula is C14H19BrN2O2. The van der Waals surface area contributed by atoms with Gasteiger partial charge in [0.25, 0.3) is 5.91 Å². The molecule has 1 N–H and O–H groups in total. The Morgan fingerprint density at radius 1 is 1.42 bits per heavy atom. The van der Waals surface area contributed by atoms with E-state index >= 15 is 0 Å². The predicted molar refractivity (Wildman–Crippen MR) is 78.5 cm³/mol. The number of hydrogen-bond acceptors (Lipinski definition) is 3. The lowest BCUT2D eigenvalue weighted by atomic mass is 10.1. The predicted octanol–water partition coefficient (Wildman–Crippen LogP) is 1.82. The van der Waals surface area contributed by atoms with Gasteiger partial charge in [-0.3, -0.25) is 9.69 Å². The van der Waals surface area contributed by atoms with Gasteiger partial charge < -0.3 is 10.1 Å². The van der Waals surface area contributed by atoms with Crippen molar-refractivity contribution in [3.8, 4) is 0 Å². The van der Waals surface area contributed by atoms with Crippen LogP contribution in [0.3, 0.4) is 0 Å². The molecule has 1 fully saturated rings. The molecule has 0 aromatic heterocycles. The maximum absolute atomic E-state index is 12.0. The van der Waals surface area contributed by atoms with Gasteiger partial charge in [-0.2, -0.15) is 0 Å². The van der Waals surface area contributed by atoms with Crippen LogP contribution in [0.2, 0.25) is 0 Å². The minimum absolute atomic E-state index is 0.0103. The average Bonchev–Trinajstić information content (AvgIpc) is 2.43. The van der Waals surface area contributed by atoms with E-state index in [1.165, 1.54) is 0 Å². The van der Waals surface area contributed by atoms with Crippen molar-refractivity contribution in [3.05, 3.63) is 33.8 Å². The van der Waals surface area contributed by atoms with Crippen LogP contribution >= 0.6 is 15.9 Å². The summed E-state index contributed by atoms with van der Waals surface area (Å²) >= 11 is 3.43. The van der Waals surface area contributed by atoms with Gasteiger partial charge in [0, 0.05) is 36.2 Å². The monoisotopic (exact) mass is 326 g/mol. The standard InChI is InChI=1S/C14H19BrN2O2/c1-11-10-12(2-3-13(11)15)14(18)16-4-5-17-6-8-19-9-7-17/h2-3,10H,4-9H2,1H3,(H,16,18). The number of benzene rings is 1. The summed E-state index contributed by atoms with van der Waals surface area (Å²) in [6.07, 6.45) is 0. The summed E-state index contributed by atoms with van der Waals surface area (Å²) in [6, 6.07) is 5.64. The number of nitrogens with one attached hydrogen (secondary N) is 1. The number of ether oxygens (including phenoxy) is 1. The Balaban J connectivity index is 1.78. The third kappa shape index (κ3) is 4.30. The smallest absolute Gasteiger partial charge is 0.251 e. The number of halogens is 1. The first kappa shape index (κ1) is 14.5. The molecule has 0 aliphatic carbocycles. The van der Waals surface area contributed by atoms with Crippen LogP contribution in [0, 0.1) is 6.92 Å². The Morgan fingerprint density at radius 2 is 2.16 bits per heavy atom. The molecule has 1 saturated heterocycles. The zero-order valence-corrected chi connectivity index (χ0v) is 12.7. The Kier molecular flexibility index (Phi) is 5.36. The summed E-state index contributed by atoms with van der Waals surface area (Å²) in [6.45, 7) is 7.02. The summed E-state index contributed by atoms with van der Waals surface area (Å²) in [5.41, 5.74) is 1.78. The lowest BCUT2D eigenvalue weighted by Gasteiger charge is -2.26. The second-order valence-electron chi connectivity index (χ2n) is 4.67. The zero-order chi connectivity index (χ0) is 13.7. The van der Waals surface area contributed by atoms with Crippen LogP contribution in [0.4, 0.5) is 0 Å². The summed E-state index contributed by atoms with van der Waals surface area (Å²) in [7, 11) is 0. The molecule has 0 radical (unpaired) electrons. The average molecular weight is 327 g/mol. The van der Waals surface area contributed by atoms with Crippen molar-refractivity contribution >= 4 is 21.8 Å². The van der Waals surface area contributed by atoms with Gasteiger partial charge in [0.05, 0.1) is 13.2 Å². The van der Waals surface area contributed by atoms with Crippen molar-refractivity contribution in [1.29, 1.82) is 0 Å². The van der Waals surface area contributed by atoms with Crippen LogP contribution in [-0.4, -0.2) is 50.2 Å². The van der Waals surface area contributed by atoms with E-state index in [4.69, 9.17) is 4.74 Å². The molecule has 1 aromatic rings. The second kappa shape index (κ2) is 7.03. The first-order valence-electron chi connectivity index (χ1n) is 6.51. The van der Waals surface area contributed by atoms with Crippen molar-refractivity contribution in [1.82, 2.24) is 10.2 Å². The highest BCUT2D eigenvalue weighted by molar-refractivity contribution is 9.10. The van der Waals surface area contributed by atoms with Crippen LogP contribution in [0.25, 0.3) is 0 Å². The molecule has 19 heavy (non-hydrogen) atoms. The third-order valence-corrected chi connectivity index (χ3v) is 4.13. The lowest BCUT2D eigenvalue weighted by Crippen LogP contribution is -2.41. The molecule has 1 aromatic carbocycles. The maximum atomic E-state index is 12.0. The molecule has 0 spiro atoms. The van der Waals surface area contributed by atoms with Crippen molar-refractivity contribution in [2.45, 2.75) is 6.92 Å². The minimum atomic E-state index is -0.0103. The van der Waals surface area contributed by atoms with Crippen molar-refractivity contribution < 1.29 is 9.53 Å². The molecule has 4 nitrogen and oxygen atoms in total. The molecule has 0 atom stereocenters. The van der Waals surface area contributed by atoms with E-state index in [0.29, 0.717) is 12.1 Å². The van der Waals surface area contributed by atoms with Crippen LogP contribution in [0.1, 0.15) is 15.9 Å². The van der Waals surface area contributed by atoms with Gasteiger partial charge in [-0.15, -0.1) is 0 Å². The molecule has 104 valence electrons. The normalized spacial score (nSPS) is 16.3. The number of rotatable bonds is 4. The van der Waals surface area contributed by atoms with E-state index in [9.17, 15) is 4.79 Å². The Labute approximate surface area is 122 Å². The molecule has 0 unspecified atom stereocenters. The fourth-order valence-corrected chi connectivity index (χ4v) is 2.29. The molecule has 1 amide bonds. The van der Waals surface area contributed by atoms with Crippen molar-refractivity contribution in [2.24, 2.45) is 0 Å². The SMILES string of the molecule is Cc1cc(C(=O)NCCN2CCOCC2)ccc1Br. The number of carbonyl (C=O) groups is 1. The first-order valence-corrected chi connectivity index (χ1v) is 7.30. The topological polar surface area (TPSA) is 41.6 Å². The first-order chi connectivity index (χ1) is 9.16. The highest BCUT2D eigenvalue weighted by atomic mass is 79.9. The summed E-state index contributed by atoms with van der Waals surface area (Å²) in [5.74, 6) is -0.0103. The van der Waals surface area contributed by atoms with E-state index in [0.717, 1.165) is 42.9 Å². The van der Waals surface area contributed by atoms with Gasteiger partial charge in [0.1, 0.15) is 0 Å². The molecular weight excluding hydrogens is 308 g/mol. The zero-order valence-electron chi connectivity index (χ0n) is 11.1. The highest BCUT2D eigenvalue weighted by Gasteiger charge is 2.11. The lowest BCUT2D eigenvalue weighted by molar-refractivity contribution is 0.0383.